The van der Waals surface area contributed by atoms with Gasteiger partial charge in [-0.25, -0.2) is 0 Å². The van der Waals surface area contributed by atoms with E-state index in [2.05, 4.69) is 36.3 Å². The third kappa shape index (κ3) is 5.84. The van der Waals surface area contributed by atoms with Crippen molar-refractivity contribution in [1.29, 1.82) is 0 Å². The fourth-order valence-electron chi connectivity index (χ4n) is 4.67. The van der Waals surface area contributed by atoms with Crippen LogP contribution >= 0.6 is 0 Å². The highest BCUT2D eigenvalue weighted by atomic mass is 16.2. The zero-order valence-electron chi connectivity index (χ0n) is 18.2. The summed E-state index contributed by atoms with van der Waals surface area (Å²) in [5.74, 6) is 1.07. The van der Waals surface area contributed by atoms with E-state index in [0.29, 0.717) is 18.6 Å². The van der Waals surface area contributed by atoms with Gasteiger partial charge in [0.05, 0.1) is 12.0 Å². The Hall–Kier alpha value is -1.30. The van der Waals surface area contributed by atoms with Gasteiger partial charge in [-0.3, -0.25) is 14.7 Å². The number of carbonyl (C=O) groups excluding carboxylic acids is 1. The molecular weight excluding hydrogens is 338 g/mol. The molecule has 0 radical (unpaired) electrons. The second-order valence-electron chi connectivity index (χ2n) is 8.69. The van der Waals surface area contributed by atoms with Gasteiger partial charge in [0.1, 0.15) is 0 Å². The summed E-state index contributed by atoms with van der Waals surface area (Å²) in [4.78, 5) is 21.9. The Morgan fingerprint density at radius 1 is 1.22 bits per heavy atom. The van der Waals surface area contributed by atoms with Crippen molar-refractivity contribution < 1.29 is 4.79 Å². The van der Waals surface area contributed by atoms with Crippen LogP contribution in [0.25, 0.3) is 0 Å². The zero-order valence-corrected chi connectivity index (χ0v) is 18.2. The lowest BCUT2D eigenvalue weighted by Gasteiger charge is -2.38. The molecule has 2 rings (SSSR count). The number of guanidine groups is 1. The Labute approximate surface area is 166 Å². The largest absolute Gasteiger partial charge is 0.357 e. The molecule has 1 saturated heterocycles. The van der Waals surface area contributed by atoms with E-state index in [0.717, 1.165) is 44.7 Å². The molecule has 1 saturated carbocycles. The van der Waals surface area contributed by atoms with Crippen molar-refractivity contribution in [2.75, 3.05) is 40.3 Å². The molecule has 2 N–H and O–H groups in total. The Balaban J connectivity index is 1.97. The van der Waals surface area contributed by atoms with E-state index in [4.69, 9.17) is 4.99 Å². The minimum absolute atomic E-state index is 0.232. The molecule has 6 nitrogen and oxygen atoms in total. The van der Waals surface area contributed by atoms with Crippen molar-refractivity contribution in [2.45, 2.75) is 77.8 Å². The number of nitrogens with zero attached hydrogens (tertiary/aromatic N) is 3. The lowest BCUT2D eigenvalue weighted by molar-refractivity contribution is -0.138. The van der Waals surface area contributed by atoms with E-state index in [1.165, 1.54) is 25.8 Å². The fourth-order valence-corrected chi connectivity index (χ4v) is 4.67. The number of hydrogen-bond donors (Lipinski definition) is 2. The molecule has 1 heterocycles. The van der Waals surface area contributed by atoms with E-state index < -0.39 is 0 Å². The second-order valence-corrected chi connectivity index (χ2v) is 8.69. The number of nitrogens with one attached hydrogen (secondary N) is 2. The highest BCUT2D eigenvalue weighted by Crippen LogP contribution is 2.39. The van der Waals surface area contributed by atoms with Crippen LogP contribution in [-0.4, -0.2) is 74.0 Å². The first-order valence-electron chi connectivity index (χ1n) is 10.9. The number of carbonyl (C=O) groups is 1. The molecule has 2 atom stereocenters. The summed E-state index contributed by atoms with van der Waals surface area (Å²) < 4.78 is 0. The molecule has 0 spiro atoms. The van der Waals surface area contributed by atoms with Crippen molar-refractivity contribution >= 4 is 11.9 Å². The van der Waals surface area contributed by atoms with Crippen LogP contribution in [0.15, 0.2) is 4.99 Å². The van der Waals surface area contributed by atoms with Crippen molar-refractivity contribution in [3.05, 3.63) is 0 Å². The van der Waals surface area contributed by atoms with Crippen LogP contribution in [-0.2, 0) is 4.79 Å². The second kappa shape index (κ2) is 10.3. The number of amides is 1. The van der Waals surface area contributed by atoms with Crippen LogP contribution in [0.3, 0.4) is 0 Å². The summed E-state index contributed by atoms with van der Waals surface area (Å²) in [6.07, 6.45) is 8.12. The summed E-state index contributed by atoms with van der Waals surface area (Å²) in [7, 11) is 3.72. The number of hydrogen-bond acceptors (Lipinski definition) is 3. The Morgan fingerprint density at radius 2 is 1.93 bits per heavy atom. The van der Waals surface area contributed by atoms with Gasteiger partial charge in [0, 0.05) is 39.3 Å². The predicted molar refractivity (Wildman–Crippen MR) is 113 cm³/mol. The van der Waals surface area contributed by atoms with Crippen LogP contribution in [0.5, 0.6) is 0 Å². The summed E-state index contributed by atoms with van der Waals surface area (Å²) in [5.41, 5.74) is -0.307. The zero-order chi connectivity index (χ0) is 19.9. The molecule has 1 aliphatic carbocycles. The maximum absolute atomic E-state index is 12.8. The molecule has 0 bridgehead atoms. The average molecular weight is 380 g/mol. The minimum Gasteiger partial charge on any atom is -0.357 e. The lowest BCUT2D eigenvalue weighted by atomic mass is 9.85. The number of likely N-dealkylation sites (tertiary alicyclic amines) is 1. The first-order chi connectivity index (χ1) is 12.9. The smallest absolute Gasteiger partial charge is 0.230 e. The third-order valence-electron chi connectivity index (χ3n) is 6.29. The van der Waals surface area contributed by atoms with Gasteiger partial charge in [-0.2, -0.15) is 0 Å². The van der Waals surface area contributed by atoms with E-state index >= 15 is 0 Å². The molecule has 0 aromatic rings. The van der Waals surface area contributed by atoms with Crippen molar-refractivity contribution in [3.8, 4) is 0 Å². The molecular formula is C21H41N5O. The molecule has 6 heteroatoms. The number of aliphatic imine (C=N–C) groups is 1. The first-order valence-corrected chi connectivity index (χ1v) is 10.9. The van der Waals surface area contributed by atoms with Gasteiger partial charge in [0.2, 0.25) is 5.91 Å². The molecule has 2 fully saturated rings. The Morgan fingerprint density at radius 3 is 2.52 bits per heavy atom. The van der Waals surface area contributed by atoms with Gasteiger partial charge in [0.25, 0.3) is 0 Å². The number of piperidine rings is 1. The molecule has 27 heavy (non-hydrogen) atoms. The highest BCUT2D eigenvalue weighted by molar-refractivity contribution is 5.84. The molecule has 2 aliphatic rings. The van der Waals surface area contributed by atoms with Crippen LogP contribution in [0.4, 0.5) is 0 Å². The van der Waals surface area contributed by atoms with Gasteiger partial charge in [0.15, 0.2) is 5.96 Å². The highest BCUT2D eigenvalue weighted by Gasteiger charge is 2.42. The molecule has 0 aromatic carbocycles. The quantitative estimate of drug-likeness (QED) is 0.527. The SMILES string of the molecule is CCNC(=NCC1(C(=O)N(C)C)CCCC1)NCC(C)N1CCCCC1C. The van der Waals surface area contributed by atoms with Crippen LogP contribution < -0.4 is 10.6 Å². The van der Waals surface area contributed by atoms with Crippen molar-refractivity contribution in [3.63, 3.8) is 0 Å². The third-order valence-corrected chi connectivity index (χ3v) is 6.29. The Kier molecular flexibility index (Phi) is 8.39. The monoisotopic (exact) mass is 379 g/mol. The average Bonchev–Trinajstić information content (AvgIpc) is 3.13. The van der Waals surface area contributed by atoms with Crippen LogP contribution in [0.2, 0.25) is 0 Å². The maximum atomic E-state index is 12.8. The van der Waals surface area contributed by atoms with Gasteiger partial charge in [-0.15, -0.1) is 0 Å². The van der Waals surface area contributed by atoms with Crippen LogP contribution in [0, 0.1) is 5.41 Å². The summed E-state index contributed by atoms with van der Waals surface area (Å²) in [5, 5.41) is 6.88. The minimum atomic E-state index is -0.307. The standard InChI is InChI=1S/C21H41N5O/c1-6-22-20(23-15-18(3)26-14-10-7-11-17(26)2)24-16-21(12-8-9-13-21)19(27)25(4)5/h17-18H,6-16H2,1-5H3,(H2,22,23,24). The van der Waals surface area contributed by atoms with E-state index in [1.54, 1.807) is 4.90 Å². The molecule has 156 valence electrons. The maximum Gasteiger partial charge on any atom is 0.230 e. The molecule has 0 aromatic heterocycles. The molecule has 2 unspecified atom stereocenters. The van der Waals surface area contributed by atoms with E-state index in [9.17, 15) is 4.79 Å². The topological polar surface area (TPSA) is 60.0 Å². The van der Waals surface area contributed by atoms with Crippen molar-refractivity contribution in [2.24, 2.45) is 10.4 Å². The van der Waals surface area contributed by atoms with E-state index in [-0.39, 0.29) is 11.3 Å². The van der Waals surface area contributed by atoms with Gasteiger partial charge >= 0.3 is 0 Å². The first kappa shape index (κ1) is 22.0. The molecule has 1 amide bonds. The van der Waals surface area contributed by atoms with Crippen LogP contribution in [0.1, 0.15) is 65.7 Å². The summed E-state index contributed by atoms with van der Waals surface area (Å²) >= 11 is 0. The number of rotatable bonds is 7. The fraction of sp³-hybridized carbons (Fsp3) is 0.905. The van der Waals surface area contributed by atoms with Crippen molar-refractivity contribution in [1.82, 2.24) is 20.4 Å². The van der Waals surface area contributed by atoms with E-state index in [1.807, 2.05) is 14.1 Å². The van der Waals surface area contributed by atoms with Gasteiger partial charge < -0.3 is 15.5 Å². The Bertz CT molecular complexity index is 499. The predicted octanol–water partition coefficient (Wildman–Crippen LogP) is 2.45. The van der Waals surface area contributed by atoms with Gasteiger partial charge in [-0.05, 0) is 53.0 Å². The molecule has 1 aliphatic heterocycles. The summed E-state index contributed by atoms with van der Waals surface area (Å²) in [6, 6.07) is 1.14. The summed E-state index contributed by atoms with van der Waals surface area (Å²) in [6.45, 7) is 10.2. The normalized spacial score (nSPS) is 24.5. The lowest BCUT2D eigenvalue weighted by Crippen LogP contribution is -2.50. The van der Waals surface area contributed by atoms with Gasteiger partial charge in [-0.1, -0.05) is 19.3 Å².